The van der Waals surface area contributed by atoms with Crippen LogP contribution in [0.5, 0.6) is 0 Å². The molecule has 0 aliphatic carbocycles. The molecular formula is C10H12N2O. The number of fused-ring (bicyclic) bond motifs is 1. The lowest BCUT2D eigenvalue weighted by Gasteiger charge is -2.16. The van der Waals surface area contributed by atoms with E-state index in [0.717, 1.165) is 16.6 Å². The van der Waals surface area contributed by atoms with Crippen molar-refractivity contribution in [1.82, 2.24) is 9.97 Å². The third-order valence-corrected chi connectivity index (χ3v) is 2.11. The Morgan fingerprint density at radius 2 is 2.23 bits per heavy atom. The van der Waals surface area contributed by atoms with Crippen LogP contribution >= 0.6 is 0 Å². The molecular weight excluding hydrogens is 164 g/mol. The maximum atomic E-state index is 9.74. The molecule has 2 N–H and O–H groups in total. The number of nitrogens with zero attached hydrogens (tertiary/aromatic N) is 1. The topological polar surface area (TPSA) is 48.9 Å². The van der Waals surface area contributed by atoms with Gasteiger partial charge in [0.25, 0.3) is 0 Å². The highest BCUT2D eigenvalue weighted by molar-refractivity contribution is 5.75. The Morgan fingerprint density at radius 1 is 1.46 bits per heavy atom. The molecule has 0 saturated carbocycles. The Kier molecular flexibility index (Phi) is 1.63. The maximum Gasteiger partial charge on any atom is 0.137 e. The van der Waals surface area contributed by atoms with Crippen molar-refractivity contribution in [2.75, 3.05) is 0 Å². The molecule has 0 fully saturated rings. The van der Waals surface area contributed by atoms with Crippen molar-refractivity contribution >= 4 is 11.0 Å². The summed E-state index contributed by atoms with van der Waals surface area (Å²) in [7, 11) is 0. The number of rotatable bonds is 1. The van der Waals surface area contributed by atoms with E-state index in [1.54, 1.807) is 20.0 Å². The van der Waals surface area contributed by atoms with Crippen LogP contribution in [0.2, 0.25) is 0 Å². The molecule has 2 aromatic rings. The van der Waals surface area contributed by atoms with Gasteiger partial charge in [0, 0.05) is 23.3 Å². The minimum absolute atomic E-state index is 0.821. The maximum absolute atomic E-state index is 9.74. The van der Waals surface area contributed by atoms with Crippen LogP contribution in [-0.4, -0.2) is 15.1 Å². The van der Waals surface area contributed by atoms with Crippen molar-refractivity contribution in [3.63, 3.8) is 0 Å². The number of nitrogens with one attached hydrogen (secondary N) is 1. The van der Waals surface area contributed by atoms with Gasteiger partial charge in [-0.1, -0.05) is 0 Å². The van der Waals surface area contributed by atoms with E-state index in [4.69, 9.17) is 0 Å². The molecule has 0 aliphatic heterocycles. The molecule has 3 nitrogen and oxygen atoms in total. The monoisotopic (exact) mass is 176 g/mol. The standard InChI is InChI=1S/C10H12N2O/c1-10(2,13)8-5-7-3-4-11-9(7)12-6-8/h3-6,13H,1-2H3,(H,11,12). The van der Waals surface area contributed by atoms with Gasteiger partial charge in [0.1, 0.15) is 5.65 Å². The first-order chi connectivity index (χ1) is 6.07. The van der Waals surface area contributed by atoms with E-state index in [0.29, 0.717) is 0 Å². The molecule has 13 heavy (non-hydrogen) atoms. The van der Waals surface area contributed by atoms with Gasteiger partial charge >= 0.3 is 0 Å². The fraction of sp³-hybridized carbons (Fsp3) is 0.300. The Balaban J connectivity index is 2.61. The van der Waals surface area contributed by atoms with Crippen molar-refractivity contribution in [3.05, 3.63) is 30.1 Å². The first-order valence-corrected chi connectivity index (χ1v) is 4.23. The van der Waals surface area contributed by atoms with Crippen LogP contribution in [0.25, 0.3) is 11.0 Å². The largest absolute Gasteiger partial charge is 0.386 e. The number of hydrogen-bond acceptors (Lipinski definition) is 2. The Bertz CT molecular complexity index is 426. The first kappa shape index (κ1) is 8.26. The highest BCUT2D eigenvalue weighted by Crippen LogP contribution is 2.21. The lowest BCUT2D eigenvalue weighted by molar-refractivity contribution is 0.0784. The number of aliphatic hydroxyl groups is 1. The van der Waals surface area contributed by atoms with Gasteiger partial charge in [-0.25, -0.2) is 4.98 Å². The minimum atomic E-state index is -0.821. The summed E-state index contributed by atoms with van der Waals surface area (Å²) in [5.74, 6) is 0. The highest BCUT2D eigenvalue weighted by Gasteiger charge is 2.16. The van der Waals surface area contributed by atoms with Gasteiger partial charge in [-0.3, -0.25) is 0 Å². The zero-order valence-electron chi connectivity index (χ0n) is 7.70. The Morgan fingerprint density at radius 3 is 2.92 bits per heavy atom. The number of H-pyrrole nitrogens is 1. The van der Waals surface area contributed by atoms with E-state index >= 15 is 0 Å². The van der Waals surface area contributed by atoms with Crippen LogP contribution in [0.15, 0.2) is 24.5 Å². The summed E-state index contributed by atoms with van der Waals surface area (Å²) in [4.78, 5) is 7.20. The van der Waals surface area contributed by atoms with E-state index in [2.05, 4.69) is 9.97 Å². The lowest BCUT2D eigenvalue weighted by Crippen LogP contribution is -2.15. The van der Waals surface area contributed by atoms with Gasteiger partial charge in [-0.15, -0.1) is 0 Å². The molecule has 2 aromatic heterocycles. The predicted molar refractivity (Wildman–Crippen MR) is 51.3 cm³/mol. The van der Waals surface area contributed by atoms with Crippen molar-refractivity contribution in [2.45, 2.75) is 19.4 Å². The normalized spacial score (nSPS) is 12.2. The van der Waals surface area contributed by atoms with Crippen molar-refractivity contribution in [3.8, 4) is 0 Å². The van der Waals surface area contributed by atoms with Crippen molar-refractivity contribution in [2.24, 2.45) is 0 Å². The van der Waals surface area contributed by atoms with E-state index in [-0.39, 0.29) is 0 Å². The van der Waals surface area contributed by atoms with Crippen LogP contribution in [0.4, 0.5) is 0 Å². The van der Waals surface area contributed by atoms with Gasteiger partial charge in [0.15, 0.2) is 0 Å². The van der Waals surface area contributed by atoms with Crippen LogP contribution in [0.3, 0.4) is 0 Å². The fourth-order valence-corrected chi connectivity index (χ4v) is 1.27. The quantitative estimate of drug-likeness (QED) is 0.696. The molecule has 0 saturated heterocycles. The molecule has 0 bridgehead atoms. The van der Waals surface area contributed by atoms with E-state index in [1.165, 1.54) is 0 Å². The third-order valence-electron chi connectivity index (χ3n) is 2.11. The predicted octanol–water partition coefficient (Wildman–Crippen LogP) is 1.79. The van der Waals surface area contributed by atoms with E-state index in [9.17, 15) is 5.11 Å². The molecule has 0 atom stereocenters. The zero-order valence-corrected chi connectivity index (χ0v) is 7.70. The second kappa shape index (κ2) is 2.57. The third kappa shape index (κ3) is 1.42. The minimum Gasteiger partial charge on any atom is -0.386 e. The molecule has 2 heterocycles. The van der Waals surface area contributed by atoms with Crippen LogP contribution < -0.4 is 0 Å². The number of hydrogen-bond donors (Lipinski definition) is 2. The van der Waals surface area contributed by atoms with Crippen LogP contribution in [-0.2, 0) is 5.60 Å². The molecule has 0 unspecified atom stereocenters. The Labute approximate surface area is 76.4 Å². The molecule has 68 valence electrons. The summed E-state index contributed by atoms with van der Waals surface area (Å²) in [6.07, 6.45) is 3.53. The molecule has 0 aliphatic rings. The van der Waals surface area contributed by atoms with Crippen LogP contribution in [0.1, 0.15) is 19.4 Å². The molecule has 0 radical (unpaired) electrons. The molecule has 2 rings (SSSR count). The summed E-state index contributed by atoms with van der Waals surface area (Å²) in [5.41, 5.74) is 0.867. The van der Waals surface area contributed by atoms with Crippen LogP contribution in [0, 0.1) is 0 Å². The first-order valence-electron chi connectivity index (χ1n) is 4.23. The van der Waals surface area contributed by atoms with Gasteiger partial charge in [0.2, 0.25) is 0 Å². The zero-order chi connectivity index (χ0) is 9.47. The van der Waals surface area contributed by atoms with E-state index < -0.39 is 5.60 Å². The number of aromatic amines is 1. The van der Waals surface area contributed by atoms with Crippen molar-refractivity contribution in [1.29, 1.82) is 0 Å². The average molecular weight is 176 g/mol. The molecule has 0 amide bonds. The van der Waals surface area contributed by atoms with Gasteiger partial charge in [0.05, 0.1) is 5.60 Å². The number of pyridine rings is 1. The lowest BCUT2D eigenvalue weighted by atomic mass is 10.00. The van der Waals surface area contributed by atoms with Crippen molar-refractivity contribution < 1.29 is 5.11 Å². The van der Waals surface area contributed by atoms with Gasteiger partial charge in [-0.05, 0) is 26.0 Å². The fourth-order valence-electron chi connectivity index (χ4n) is 1.27. The average Bonchev–Trinajstić information content (AvgIpc) is 2.47. The Hall–Kier alpha value is -1.35. The molecule has 0 spiro atoms. The second-order valence-electron chi connectivity index (χ2n) is 3.70. The molecule has 3 heteroatoms. The summed E-state index contributed by atoms with van der Waals surface area (Å²) in [5, 5.41) is 10.8. The summed E-state index contributed by atoms with van der Waals surface area (Å²) >= 11 is 0. The highest BCUT2D eigenvalue weighted by atomic mass is 16.3. The molecule has 0 aromatic carbocycles. The van der Waals surface area contributed by atoms with Gasteiger partial charge in [-0.2, -0.15) is 0 Å². The smallest absolute Gasteiger partial charge is 0.137 e. The number of aromatic nitrogens is 2. The summed E-state index contributed by atoms with van der Waals surface area (Å²) in [6.45, 7) is 3.50. The summed E-state index contributed by atoms with van der Waals surface area (Å²) in [6, 6.07) is 3.89. The van der Waals surface area contributed by atoms with Gasteiger partial charge < -0.3 is 10.1 Å². The second-order valence-corrected chi connectivity index (χ2v) is 3.70. The SMILES string of the molecule is CC(C)(O)c1cnc2[nH]ccc2c1. The van der Waals surface area contributed by atoms with E-state index in [1.807, 2.05) is 18.3 Å². The summed E-state index contributed by atoms with van der Waals surface area (Å²) < 4.78 is 0.